The number of rotatable bonds is 15. The molecule has 8 heteroatoms. The first kappa shape index (κ1) is 29.5. The van der Waals surface area contributed by atoms with Crippen molar-refractivity contribution in [2.75, 3.05) is 39.4 Å². The molecule has 1 saturated heterocycles. The van der Waals surface area contributed by atoms with Crippen molar-refractivity contribution in [2.45, 2.75) is 51.7 Å². The molecule has 3 aromatic rings. The summed E-state index contributed by atoms with van der Waals surface area (Å²) in [6.45, 7) is 8.47. The third-order valence-corrected chi connectivity index (χ3v) is 7.44. The number of pyridine rings is 1. The smallest absolute Gasteiger partial charge is 0.321 e. The number of aliphatic carboxylic acids is 1. The lowest BCUT2D eigenvalue weighted by molar-refractivity contribution is -0.139. The number of likely N-dealkylation sites (tertiary alicyclic amines) is 1. The Kier molecular flexibility index (Phi) is 10.9. The number of hydrogen-bond acceptors (Lipinski definition) is 7. The Balaban J connectivity index is 1.28. The van der Waals surface area contributed by atoms with Crippen molar-refractivity contribution in [1.82, 2.24) is 15.2 Å². The summed E-state index contributed by atoms with van der Waals surface area (Å²) in [6, 6.07) is 15.2. The van der Waals surface area contributed by atoms with Gasteiger partial charge < -0.3 is 29.9 Å². The molecule has 214 valence electrons. The molecule has 0 bridgehead atoms. The Bertz CT molecular complexity index is 1240. The summed E-state index contributed by atoms with van der Waals surface area (Å²) < 4.78 is 12.3. The maximum atomic E-state index is 11.7. The maximum Gasteiger partial charge on any atom is 0.321 e. The average Bonchev–Trinajstić information content (AvgIpc) is 3.37. The quantitative estimate of drug-likeness (QED) is 0.243. The van der Waals surface area contributed by atoms with Gasteiger partial charge in [-0.05, 0) is 98.2 Å². The minimum atomic E-state index is -0.866. The fraction of sp³-hybridized carbons (Fsp3) is 0.438. The van der Waals surface area contributed by atoms with Crippen LogP contribution in [-0.2, 0) is 11.2 Å². The highest BCUT2D eigenvalue weighted by atomic mass is 16.5. The molecule has 4 rings (SSSR count). The zero-order chi connectivity index (χ0) is 28.3. The highest BCUT2D eigenvalue weighted by Crippen LogP contribution is 2.35. The molecule has 3 N–H and O–H groups in total. The van der Waals surface area contributed by atoms with Crippen molar-refractivity contribution in [1.29, 1.82) is 0 Å². The average molecular weight is 548 g/mol. The molecule has 1 aromatic heterocycles. The second-order valence-electron chi connectivity index (χ2n) is 10.4. The number of benzene rings is 2. The molecule has 0 saturated carbocycles. The predicted molar refractivity (Wildman–Crippen MR) is 156 cm³/mol. The molecule has 40 heavy (non-hydrogen) atoms. The third kappa shape index (κ3) is 8.27. The molecule has 0 amide bonds. The van der Waals surface area contributed by atoms with Crippen LogP contribution in [0.3, 0.4) is 0 Å². The molecule has 8 nitrogen and oxygen atoms in total. The van der Waals surface area contributed by atoms with E-state index >= 15 is 0 Å². The molecular weight excluding hydrogens is 506 g/mol. The number of hydrogen-bond donors (Lipinski definition) is 3. The van der Waals surface area contributed by atoms with Gasteiger partial charge in [0.15, 0.2) is 0 Å². The zero-order valence-electron chi connectivity index (χ0n) is 23.5. The third-order valence-electron chi connectivity index (χ3n) is 7.44. The summed E-state index contributed by atoms with van der Waals surface area (Å²) in [5.41, 5.74) is 5.31. The summed E-state index contributed by atoms with van der Waals surface area (Å²) in [7, 11) is 0. The van der Waals surface area contributed by atoms with Gasteiger partial charge in [0, 0.05) is 32.0 Å². The van der Waals surface area contributed by atoms with E-state index in [-0.39, 0.29) is 6.10 Å². The molecule has 1 fully saturated rings. The van der Waals surface area contributed by atoms with E-state index in [0.29, 0.717) is 32.6 Å². The van der Waals surface area contributed by atoms with Crippen molar-refractivity contribution in [3.8, 4) is 22.6 Å². The Morgan fingerprint density at radius 3 is 2.20 bits per heavy atom. The van der Waals surface area contributed by atoms with Crippen LogP contribution in [0.5, 0.6) is 11.5 Å². The van der Waals surface area contributed by atoms with Crippen LogP contribution in [0.15, 0.2) is 60.9 Å². The van der Waals surface area contributed by atoms with Crippen molar-refractivity contribution in [2.24, 2.45) is 0 Å². The second-order valence-corrected chi connectivity index (χ2v) is 10.4. The predicted octanol–water partition coefficient (Wildman–Crippen LogP) is 4.26. The summed E-state index contributed by atoms with van der Waals surface area (Å²) in [5, 5.41) is 22.4. The zero-order valence-corrected chi connectivity index (χ0v) is 23.5. The summed E-state index contributed by atoms with van der Waals surface area (Å²) >= 11 is 0. The molecule has 2 aromatic carbocycles. The monoisotopic (exact) mass is 547 g/mol. The number of nitrogens with one attached hydrogen (secondary N) is 1. The van der Waals surface area contributed by atoms with Gasteiger partial charge in [0.05, 0.1) is 19.3 Å². The minimum absolute atomic E-state index is 0.188. The standard InChI is InChI=1S/C32H41N3O5/c1-23-27(28-8-4-10-31(24(28)2)40-20-6-17-35-18-13-26(36)22-35)7-3-9-30(23)39-19-5-14-34-29(32(37)38)21-25-11-15-33-16-12-25/h3-4,7-12,15-16,26,29,34,36H,5-6,13-14,17-22H2,1-2H3,(H,37,38). The van der Waals surface area contributed by atoms with Gasteiger partial charge in [0.2, 0.25) is 0 Å². The lowest BCUT2D eigenvalue weighted by atomic mass is 9.95. The summed E-state index contributed by atoms with van der Waals surface area (Å²) in [6.07, 6.45) is 6.03. The molecule has 0 aliphatic carbocycles. The Labute approximate surface area is 237 Å². The van der Waals surface area contributed by atoms with E-state index in [1.54, 1.807) is 12.4 Å². The van der Waals surface area contributed by atoms with E-state index in [1.807, 2.05) is 36.4 Å². The van der Waals surface area contributed by atoms with Gasteiger partial charge in [0.1, 0.15) is 17.5 Å². The number of aliphatic hydroxyl groups excluding tert-OH is 1. The largest absolute Gasteiger partial charge is 0.493 e. The number of β-amino-alcohol motifs (C(OH)–C–C–N with tert-alkyl or cyclic N) is 1. The molecule has 2 unspecified atom stereocenters. The normalized spacial score (nSPS) is 16.1. The Morgan fingerprint density at radius 2 is 1.62 bits per heavy atom. The molecule has 1 aliphatic heterocycles. The van der Waals surface area contributed by atoms with Crippen molar-refractivity contribution < 1.29 is 24.5 Å². The van der Waals surface area contributed by atoms with Crippen LogP contribution in [-0.4, -0.2) is 77.6 Å². The van der Waals surface area contributed by atoms with Gasteiger partial charge in [0.25, 0.3) is 0 Å². The van der Waals surface area contributed by atoms with Crippen LogP contribution in [0.4, 0.5) is 0 Å². The first-order chi connectivity index (χ1) is 19.4. The summed E-state index contributed by atoms with van der Waals surface area (Å²) in [4.78, 5) is 17.9. The van der Waals surface area contributed by atoms with E-state index in [2.05, 4.69) is 41.2 Å². The SMILES string of the molecule is Cc1c(OCCCNC(Cc2ccncc2)C(=O)O)cccc1-c1cccc(OCCCN2CCC(O)C2)c1C. The van der Waals surface area contributed by atoms with E-state index < -0.39 is 12.0 Å². The van der Waals surface area contributed by atoms with E-state index in [4.69, 9.17) is 9.47 Å². The van der Waals surface area contributed by atoms with E-state index in [0.717, 1.165) is 71.8 Å². The van der Waals surface area contributed by atoms with Gasteiger partial charge in [-0.2, -0.15) is 0 Å². The lowest BCUT2D eigenvalue weighted by Crippen LogP contribution is -2.39. The number of carboxylic acids is 1. The van der Waals surface area contributed by atoms with Crippen LogP contribution < -0.4 is 14.8 Å². The second kappa shape index (κ2) is 14.8. The Morgan fingerprint density at radius 1 is 1.00 bits per heavy atom. The van der Waals surface area contributed by atoms with Crippen LogP contribution in [0.25, 0.3) is 11.1 Å². The highest BCUT2D eigenvalue weighted by Gasteiger charge is 2.20. The molecule has 0 spiro atoms. The van der Waals surface area contributed by atoms with Crippen LogP contribution in [0.2, 0.25) is 0 Å². The summed E-state index contributed by atoms with van der Waals surface area (Å²) in [5.74, 6) is 0.840. The van der Waals surface area contributed by atoms with Gasteiger partial charge in [-0.15, -0.1) is 0 Å². The molecule has 0 radical (unpaired) electrons. The number of ether oxygens (including phenoxy) is 2. The Hall–Kier alpha value is -3.46. The van der Waals surface area contributed by atoms with E-state index in [1.165, 1.54) is 0 Å². The van der Waals surface area contributed by atoms with Gasteiger partial charge >= 0.3 is 5.97 Å². The maximum absolute atomic E-state index is 11.7. The van der Waals surface area contributed by atoms with Crippen molar-refractivity contribution >= 4 is 5.97 Å². The molecule has 2 heterocycles. The van der Waals surface area contributed by atoms with Gasteiger partial charge in [-0.3, -0.25) is 9.78 Å². The van der Waals surface area contributed by atoms with Gasteiger partial charge in [-0.1, -0.05) is 24.3 Å². The number of carboxylic acid groups (broad SMARTS) is 1. The molecule has 2 atom stereocenters. The van der Waals surface area contributed by atoms with E-state index in [9.17, 15) is 15.0 Å². The first-order valence-corrected chi connectivity index (χ1v) is 14.1. The topological polar surface area (TPSA) is 104 Å². The number of carbonyl (C=O) groups is 1. The number of nitrogens with zero attached hydrogens (tertiary/aromatic N) is 2. The van der Waals surface area contributed by atoms with Crippen LogP contribution in [0, 0.1) is 13.8 Å². The van der Waals surface area contributed by atoms with Gasteiger partial charge in [-0.25, -0.2) is 0 Å². The van der Waals surface area contributed by atoms with Crippen molar-refractivity contribution in [3.63, 3.8) is 0 Å². The highest BCUT2D eigenvalue weighted by molar-refractivity contribution is 5.75. The van der Waals surface area contributed by atoms with Crippen molar-refractivity contribution in [3.05, 3.63) is 77.6 Å². The first-order valence-electron chi connectivity index (χ1n) is 14.1. The molecule has 1 aliphatic rings. The number of aliphatic hydroxyl groups is 1. The fourth-order valence-electron chi connectivity index (χ4n) is 5.14. The van der Waals surface area contributed by atoms with Crippen LogP contribution in [0.1, 0.15) is 36.0 Å². The fourth-order valence-corrected chi connectivity index (χ4v) is 5.14. The van der Waals surface area contributed by atoms with Crippen LogP contribution >= 0.6 is 0 Å². The molecular formula is C32H41N3O5. The minimum Gasteiger partial charge on any atom is -0.493 e. The lowest BCUT2D eigenvalue weighted by Gasteiger charge is -2.18. The number of aromatic nitrogens is 1.